The highest BCUT2D eigenvalue weighted by molar-refractivity contribution is 7.88. The third-order valence-corrected chi connectivity index (χ3v) is 4.02. The number of aromatic amines is 1. The second-order valence-electron chi connectivity index (χ2n) is 4.31. The van der Waals surface area contributed by atoms with Gasteiger partial charge in [-0.2, -0.15) is 0 Å². The number of benzene rings is 1. The number of nitrogens with zero attached hydrogens (tertiary/aromatic N) is 1. The molecule has 1 aromatic carbocycles. The summed E-state index contributed by atoms with van der Waals surface area (Å²) >= 11 is 0. The fourth-order valence-electron chi connectivity index (χ4n) is 1.75. The lowest BCUT2D eigenvalue weighted by Crippen LogP contribution is -2.25. The van der Waals surface area contributed by atoms with Crippen molar-refractivity contribution in [3.05, 3.63) is 53.6 Å². The summed E-state index contributed by atoms with van der Waals surface area (Å²) in [5.74, 6) is -0.196. The van der Waals surface area contributed by atoms with Gasteiger partial charge >= 0.3 is 5.97 Å². The maximum Gasteiger partial charge on any atom is 0.337 e. The molecule has 2 N–H and O–H groups in total. The van der Waals surface area contributed by atoms with Gasteiger partial charge in [0.2, 0.25) is 10.0 Å². The molecule has 8 heteroatoms. The lowest BCUT2D eigenvalue weighted by Gasteiger charge is -2.07. The molecule has 0 aliphatic rings. The summed E-state index contributed by atoms with van der Waals surface area (Å²) in [5.41, 5.74) is 0.820. The predicted octanol–water partition coefficient (Wildman–Crippen LogP) is 0.816. The van der Waals surface area contributed by atoms with Crippen LogP contribution in [0.4, 0.5) is 0 Å². The fourth-order valence-corrected chi connectivity index (χ4v) is 2.83. The summed E-state index contributed by atoms with van der Waals surface area (Å²) < 4.78 is 31.0. The molecule has 0 aliphatic heterocycles. The third-order valence-electron chi connectivity index (χ3n) is 2.72. The molecule has 21 heavy (non-hydrogen) atoms. The number of hydrogen-bond acceptors (Lipinski definition) is 5. The van der Waals surface area contributed by atoms with Crippen LogP contribution in [0.5, 0.6) is 0 Å². The normalized spacial score (nSPS) is 11.3. The molecular formula is C13H15N3O4S. The first-order chi connectivity index (χ1) is 10.00. The Morgan fingerprint density at radius 3 is 2.90 bits per heavy atom. The lowest BCUT2D eigenvalue weighted by atomic mass is 10.1. The fraction of sp³-hybridized carbons (Fsp3) is 0.231. The molecule has 0 fully saturated rings. The molecule has 0 saturated carbocycles. The molecule has 0 amide bonds. The number of carbonyl (C=O) groups excluding carboxylic acids is 1. The number of nitrogens with one attached hydrogen (secondary N) is 2. The molecule has 2 rings (SSSR count). The summed E-state index contributed by atoms with van der Waals surface area (Å²) in [6.07, 6.45) is 3.16. The largest absolute Gasteiger partial charge is 0.465 e. The van der Waals surface area contributed by atoms with E-state index in [0.717, 1.165) is 0 Å². The zero-order valence-corrected chi connectivity index (χ0v) is 12.2. The number of rotatable bonds is 6. The summed E-state index contributed by atoms with van der Waals surface area (Å²) in [6, 6.07) is 6.32. The lowest BCUT2D eigenvalue weighted by molar-refractivity contribution is 0.0600. The van der Waals surface area contributed by atoms with Crippen LogP contribution in [0.3, 0.4) is 0 Å². The first kappa shape index (κ1) is 15.2. The summed E-state index contributed by atoms with van der Waals surface area (Å²) in [7, 11) is -2.25. The van der Waals surface area contributed by atoms with Gasteiger partial charge in [-0.1, -0.05) is 12.1 Å². The van der Waals surface area contributed by atoms with Crippen molar-refractivity contribution in [1.82, 2.24) is 14.7 Å². The highest BCUT2D eigenvalue weighted by atomic mass is 32.2. The van der Waals surface area contributed by atoms with Crippen LogP contribution in [-0.2, 0) is 27.1 Å². The van der Waals surface area contributed by atoms with E-state index in [0.29, 0.717) is 17.0 Å². The highest BCUT2D eigenvalue weighted by Gasteiger charge is 2.13. The minimum atomic E-state index is -3.52. The molecule has 0 saturated heterocycles. The van der Waals surface area contributed by atoms with Crippen molar-refractivity contribution in [2.45, 2.75) is 12.3 Å². The van der Waals surface area contributed by atoms with Crippen LogP contribution < -0.4 is 4.72 Å². The van der Waals surface area contributed by atoms with E-state index in [2.05, 4.69) is 19.4 Å². The number of H-pyrrole nitrogens is 1. The molecule has 0 aliphatic carbocycles. The number of imidazole rings is 1. The van der Waals surface area contributed by atoms with Gasteiger partial charge in [0.1, 0.15) is 5.82 Å². The van der Waals surface area contributed by atoms with Gasteiger partial charge in [0.25, 0.3) is 0 Å². The topological polar surface area (TPSA) is 101 Å². The smallest absolute Gasteiger partial charge is 0.337 e. The maximum absolute atomic E-state index is 12.0. The highest BCUT2D eigenvalue weighted by Crippen LogP contribution is 2.10. The van der Waals surface area contributed by atoms with E-state index in [1.807, 2.05) is 0 Å². The number of carbonyl (C=O) groups is 1. The molecule has 2 aromatic rings. The maximum atomic E-state index is 12.0. The Hall–Kier alpha value is -2.19. The first-order valence-corrected chi connectivity index (χ1v) is 7.78. The molecular weight excluding hydrogens is 294 g/mol. The van der Waals surface area contributed by atoms with Crippen LogP contribution in [-0.4, -0.2) is 31.5 Å². The molecule has 1 aromatic heterocycles. The van der Waals surface area contributed by atoms with E-state index in [1.54, 1.807) is 30.6 Å². The van der Waals surface area contributed by atoms with Crippen LogP contribution >= 0.6 is 0 Å². The minimum Gasteiger partial charge on any atom is -0.465 e. The number of methoxy groups -OCH3 is 1. The van der Waals surface area contributed by atoms with E-state index in [1.165, 1.54) is 13.2 Å². The van der Waals surface area contributed by atoms with E-state index < -0.39 is 16.0 Å². The molecule has 0 unspecified atom stereocenters. The summed E-state index contributed by atoms with van der Waals surface area (Å²) in [5, 5.41) is 0. The van der Waals surface area contributed by atoms with Crippen molar-refractivity contribution in [2.75, 3.05) is 7.11 Å². The Labute approximate surface area is 122 Å². The van der Waals surface area contributed by atoms with Crippen LogP contribution in [0.2, 0.25) is 0 Å². The second kappa shape index (κ2) is 6.51. The van der Waals surface area contributed by atoms with Crippen LogP contribution in [0.25, 0.3) is 0 Å². The van der Waals surface area contributed by atoms with Gasteiger partial charge in [-0.25, -0.2) is 22.9 Å². The van der Waals surface area contributed by atoms with E-state index >= 15 is 0 Å². The Bertz CT molecular complexity index is 711. The molecule has 0 radical (unpaired) electrons. The quantitative estimate of drug-likeness (QED) is 0.769. The molecule has 0 bridgehead atoms. The molecule has 0 atom stereocenters. The Balaban J connectivity index is 2.04. The number of aromatic nitrogens is 2. The van der Waals surface area contributed by atoms with Crippen molar-refractivity contribution in [3.8, 4) is 0 Å². The Morgan fingerprint density at radius 1 is 1.43 bits per heavy atom. The van der Waals surface area contributed by atoms with E-state index in [9.17, 15) is 13.2 Å². The van der Waals surface area contributed by atoms with Gasteiger partial charge < -0.3 is 9.72 Å². The van der Waals surface area contributed by atoms with Crippen LogP contribution in [0, 0.1) is 0 Å². The molecule has 1 heterocycles. The first-order valence-electron chi connectivity index (χ1n) is 6.13. The van der Waals surface area contributed by atoms with Crippen molar-refractivity contribution < 1.29 is 17.9 Å². The van der Waals surface area contributed by atoms with Crippen molar-refractivity contribution >= 4 is 16.0 Å². The third kappa shape index (κ3) is 4.40. The van der Waals surface area contributed by atoms with Crippen LogP contribution in [0.15, 0.2) is 36.7 Å². The zero-order valence-electron chi connectivity index (χ0n) is 11.4. The molecule has 112 valence electrons. The number of hydrogen-bond donors (Lipinski definition) is 2. The second-order valence-corrected chi connectivity index (χ2v) is 6.11. The summed E-state index contributed by atoms with van der Waals surface area (Å²) in [6.45, 7) is 0.0893. The van der Waals surface area contributed by atoms with Crippen molar-refractivity contribution in [3.63, 3.8) is 0 Å². The number of ether oxygens (including phenoxy) is 1. The van der Waals surface area contributed by atoms with Gasteiger partial charge in [-0.3, -0.25) is 0 Å². The van der Waals surface area contributed by atoms with Gasteiger partial charge in [0.15, 0.2) is 0 Å². The zero-order chi connectivity index (χ0) is 15.3. The standard InChI is InChI=1S/C13H15N3O4S/c1-20-13(17)11-4-2-3-10(7-11)9-21(18,19)16-8-12-14-5-6-15-12/h2-7,16H,8-9H2,1H3,(H,14,15). The Morgan fingerprint density at radius 2 is 2.24 bits per heavy atom. The Kier molecular flexibility index (Phi) is 4.71. The van der Waals surface area contributed by atoms with Gasteiger partial charge in [-0.05, 0) is 17.7 Å². The van der Waals surface area contributed by atoms with E-state index in [-0.39, 0.29) is 12.3 Å². The average Bonchev–Trinajstić information content (AvgIpc) is 2.97. The SMILES string of the molecule is COC(=O)c1cccc(CS(=O)(=O)NCc2ncc[nH]2)c1. The van der Waals surface area contributed by atoms with Gasteiger partial charge in [0.05, 0.1) is 25.0 Å². The van der Waals surface area contributed by atoms with E-state index in [4.69, 9.17) is 0 Å². The molecule has 0 spiro atoms. The van der Waals surface area contributed by atoms with Crippen molar-refractivity contribution in [1.29, 1.82) is 0 Å². The average molecular weight is 309 g/mol. The number of sulfonamides is 1. The molecule has 7 nitrogen and oxygen atoms in total. The van der Waals surface area contributed by atoms with Crippen molar-refractivity contribution in [2.24, 2.45) is 0 Å². The van der Waals surface area contributed by atoms with Gasteiger partial charge in [-0.15, -0.1) is 0 Å². The minimum absolute atomic E-state index is 0.0893. The van der Waals surface area contributed by atoms with Gasteiger partial charge in [0, 0.05) is 12.4 Å². The predicted molar refractivity (Wildman–Crippen MR) is 75.8 cm³/mol. The number of esters is 1. The van der Waals surface area contributed by atoms with Crippen LogP contribution in [0.1, 0.15) is 21.7 Å². The monoisotopic (exact) mass is 309 g/mol. The summed E-state index contributed by atoms with van der Waals surface area (Å²) in [4.78, 5) is 18.1.